The minimum Gasteiger partial charge on any atom is -0.497 e. The summed E-state index contributed by atoms with van der Waals surface area (Å²) >= 11 is 0. The molecule has 0 saturated carbocycles. The standard InChI is InChI=1S/C23H29N3O2/c1-28-22-10-4-6-18(14-22)15-25-12-5-9-21(17-25)24-23(27)26-13-11-19-7-2-3-8-20(19)16-26/h2-4,6-8,10,14,21H,5,9,11-13,15-17H2,1H3,(H,24,27). The summed E-state index contributed by atoms with van der Waals surface area (Å²) in [4.78, 5) is 17.2. The molecule has 0 spiro atoms. The summed E-state index contributed by atoms with van der Waals surface area (Å²) in [7, 11) is 1.70. The fraction of sp³-hybridized carbons (Fsp3) is 0.435. The lowest BCUT2D eigenvalue weighted by Gasteiger charge is -2.35. The Bertz CT molecular complexity index is 823. The number of benzene rings is 2. The second-order valence-electron chi connectivity index (χ2n) is 7.82. The third kappa shape index (κ3) is 4.47. The monoisotopic (exact) mass is 379 g/mol. The SMILES string of the molecule is COc1cccc(CN2CCCC(NC(=O)N3CCc4ccccc4C3)C2)c1. The molecule has 2 aliphatic rings. The van der Waals surface area contributed by atoms with E-state index >= 15 is 0 Å². The largest absolute Gasteiger partial charge is 0.497 e. The van der Waals surface area contributed by atoms with Crippen LogP contribution in [0.15, 0.2) is 48.5 Å². The lowest BCUT2D eigenvalue weighted by atomic mass is 10.00. The fourth-order valence-corrected chi connectivity index (χ4v) is 4.28. The number of nitrogens with zero attached hydrogens (tertiary/aromatic N) is 2. The highest BCUT2D eigenvalue weighted by atomic mass is 16.5. The summed E-state index contributed by atoms with van der Waals surface area (Å²) in [5, 5.41) is 3.28. The van der Waals surface area contributed by atoms with Gasteiger partial charge in [-0.15, -0.1) is 0 Å². The van der Waals surface area contributed by atoms with Gasteiger partial charge in [0.1, 0.15) is 5.75 Å². The zero-order chi connectivity index (χ0) is 19.3. The van der Waals surface area contributed by atoms with Crippen LogP contribution >= 0.6 is 0 Å². The summed E-state index contributed by atoms with van der Waals surface area (Å²) in [6, 6.07) is 16.9. The molecule has 2 aromatic rings. The molecule has 2 aromatic carbocycles. The highest BCUT2D eigenvalue weighted by Crippen LogP contribution is 2.20. The lowest BCUT2D eigenvalue weighted by Crippen LogP contribution is -2.52. The Hall–Kier alpha value is -2.53. The van der Waals surface area contributed by atoms with E-state index in [4.69, 9.17) is 4.74 Å². The zero-order valence-corrected chi connectivity index (χ0v) is 16.6. The predicted molar refractivity (Wildman–Crippen MR) is 110 cm³/mol. The number of piperidine rings is 1. The average Bonchev–Trinajstić information content (AvgIpc) is 2.74. The first-order valence-corrected chi connectivity index (χ1v) is 10.2. The number of carbonyl (C=O) groups excluding carboxylic acids is 1. The van der Waals surface area contributed by atoms with Gasteiger partial charge in [-0.3, -0.25) is 4.90 Å². The van der Waals surface area contributed by atoms with Crippen molar-refractivity contribution in [3.8, 4) is 5.75 Å². The van der Waals surface area contributed by atoms with Crippen molar-refractivity contribution in [2.24, 2.45) is 0 Å². The van der Waals surface area contributed by atoms with Crippen LogP contribution in [0, 0.1) is 0 Å². The van der Waals surface area contributed by atoms with E-state index in [1.165, 1.54) is 16.7 Å². The number of urea groups is 1. The molecule has 1 fully saturated rings. The van der Waals surface area contributed by atoms with Gasteiger partial charge in [-0.1, -0.05) is 36.4 Å². The molecule has 0 bridgehead atoms. The minimum absolute atomic E-state index is 0.0720. The number of hydrogen-bond donors (Lipinski definition) is 1. The molecule has 0 aromatic heterocycles. The molecule has 0 radical (unpaired) electrons. The van der Waals surface area contributed by atoms with Crippen LogP contribution < -0.4 is 10.1 Å². The number of likely N-dealkylation sites (tertiary alicyclic amines) is 1. The Balaban J connectivity index is 1.32. The zero-order valence-electron chi connectivity index (χ0n) is 16.6. The summed E-state index contributed by atoms with van der Waals surface area (Å²) in [6.45, 7) is 4.36. The third-order valence-corrected chi connectivity index (χ3v) is 5.79. The van der Waals surface area contributed by atoms with Gasteiger partial charge < -0.3 is 15.0 Å². The van der Waals surface area contributed by atoms with E-state index in [-0.39, 0.29) is 12.1 Å². The number of amides is 2. The van der Waals surface area contributed by atoms with E-state index in [1.807, 2.05) is 17.0 Å². The maximum absolute atomic E-state index is 12.8. The number of hydrogen-bond acceptors (Lipinski definition) is 3. The van der Waals surface area contributed by atoms with Gasteiger partial charge in [0.25, 0.3) is 0 Å². The number of methoxy groups -OCH3 is 1. The number of fused-ring (bicyclic) bond motifs is 1. The van der Waals surface area contributed by atoms with Crippen molar-refractivity contribution in [3.63, 3.8) is 0 Å². The number of ether oxygens (including phenoxy) is 1. The van der Waals surface area contributed by atoms with E-state index < -0.39 is 0 Å². The molecule has 1 N–H and O–H groups in total. The van der Waals surface area contributed by atoms with E-state index in [1.54, 1.807) is 7.11 Å². The summed E-state index contributed by atoms with van der Waals surface area (Å²) in [5.74, 6) is 0.893. The summed E-state index contributed by atoms with van der Waals surface area (Å²) in [5.41, 5.74) is 3.89. The Kier molecular flexibility index (Phi) is 5.81. The molecule has 2 amide bonds. The summed E-state index contributed by atoms with van der Waals surface area (Å²) in [6.07, 6.45) is 3.10. The number of nitrogens with one attached hydrogen (secondary N) is 1. The van der Waals surface area contributed by atoms with Gasteiger partial charge in [0, 0.05) is 32.2 Å². The topological polar surface area (TPSA) is 44.8 Å². The van der Waals surface area contributed by atoms with E-state index in [0.717, 1.165) is 51.2 Å². The van der Waals surface area contributed by atoms with Crippen LogP contribution in [-0.4, -0.2) is 48.6 Å². The maximum Gasteiger partial charge on any atom is 0.317 e. The fourth-order valence-electron chi connectivity index (χ4n) is 4.28. The molecular weight excluding hydrogens is 350 g/mol. The molecule has 1 atom stereocenters. The van der Waals surface area contributed by atoms with Gasteiger partial charge in [-0.2, -0.15) is 0 Å². The molecule has 4 rings (SSSR count). The highest BCUT2D eigenvalue weighted by Gasteiger charge is 2.25. The van der Waals surface area contributed by atoms with Crippen molar-refractivity contribution in [2.75, 3.05) is 26.7 Å². The van der Waals surface area contributed by atoms with E-state index in [2.05, 4.69) is 46.6 Å². The molecule has 28 heavy (non-hydrogen) atoms. The van der Waals surface area contributed by atoms with Gasteiger partial charge in [0.15, 0.2) is 0 Å². The molecule has 5 heteroatoms. The van der Waals surface area contributed by atoms with Gasteiger partial charge in [0.2, 0.25) is 0 Å². The minimum atomic E-state index is 0.0720. The van der Waals surface area contributed by atoms with E-state index in [0.29, 0.717) is 6.54 Å². The first-order chi connectivity index (χ1) is 13.7. The smallest absolute Gasteiger partial charge is 0.317 e. The van der Waals surface area contributed by atoms with Crippen LogP contribution in [0.25, 0.3) is 0 Å². The first kappa shape index (κ1) is 18.8. The van der Waals surface area contributed by atoms with Crippen molar-refractivity contribution < 1.29 is 9.53 Å². The molecule has 2 aliphatic heterocycles. The molecule has 1 saturated heterocycles. The Morgan fingerprint density at radius 2 is 2.00 bits per heavy atom. The average molecular weight is 380 g/mol. The van der Waals surface area contributed by atoms with Crippen LogP contribution in [0.5, 0.6) is 5.75 Å². The lowest BCUT2D eigenvalue weighted by molar-refractivity contribution is 0.160. The van der Waals surface area contributed by atoms with Crippen molar-refractivity contribution in [2.45, 2.75) is 38.4 Å². The highest BCUT2D eigenvalue weighted by molar-refractivity contribution is 5.75. The quantitative estimate of drug-likeness (QED) is 0.885. The Labute approximate surface area is 167 Å². The van der Waals surface area contributed by atoms with Crippen molar-refractivity contribution in [3.05, 3.63) is 65.2 Å². The van der Waals surface area contributed by atoms with Crippen molar-refractivity contribution in [1.29, 1.82) is 0 Å². The molecule has 0 aliphatic carbocycles. The van der Waals surface area contributed by atoms with Crippen molar-refractivity contribution >= 4 is 6.03 Å². The van der Waals surface area contributed by atoms with Gasteiger partial charge >= 0.3 is 6.03 Å². The maximum atomic E-state index is 12.8. The Morgan fingerprint density at radius 3 is 2.86 bits per heavy atom. The van der Waals surface area contributed by atoms with Crippen molar-refractivity contribution in [1.82, 2.24) is 15.1 Å². The van der Waals surface area contributed by atoms with Crippen LogP contribution in [0.3, 0.4) is 0 Å². The molecule has 2 heterocycles. The predicted octanol–water partition coefficient (Wildman–Crippen LogP) is 3.43. The Morgan fingerprint density at radius 1 is 1.14 bits per heavy atom. The second-order valence-corrected chi connectivity index (χ2v) is 7.82. The van der Waals surface area contributed by atoms with Gasteiger partial charge in [-0.25, -0.2) is 4.79 Å². The molecule has 148 valence electrons. The normalized spacial score (nSPS) is 19.8. The van der Waals surface area contributed by atoms with E-state index in [9.17, 15) is 4.79 Å². The molecule has 5 nitrogen and oxygen atoms in total. The third-order valence-electron chi connectivity index (χ3n) is 5.79. The van der Waals surface area contributed by atoms with Crippen LogP contribution in [0.1, 0.15) is 29.5 Å². The molecule has 1 unspecified atom stereocenters. The molecular formula is C23H29N3O2. The van der Waals surface area contributed by atoms with Crippen LogP contribution in [-0.2, 0) is 19.5 Å². The van der Waals surface area contributed by atoms with Crippen LogP contribution in [0.2, 0.25) is 0 Å². The van der Waals surface area contributed by atoms with Gasteiger partial charge in [-0.05, 0) is 54.6 Å². The van der Waals surface area contributed by atoms with Crippen LogP contribution in [0.4, 0.5) is 4.79 Å². The van der Waals surface area contributed by atoms with Gasteiger partial charge in [0.05, 0.1) is 7.11 Å². The first-order valence-electron chi connectivity index (χ1n) is 10.2. The number of rotatable bonds is 4. The number of carbonyl (C=O) groups is 1. The summed E-state index contributed by atoms with van der Waals surface area (Å²) < 4.78 is 5.33. The second kappa shape index (κ2) is 8.65.